The van der Waals surface area contributed by atoms with Gasteiger partial charge in [0.05, 0.1) is 6.04 Å². The summed E-state index contributed by atoms with van der Waals surface area (Å²) in [6.07, 6.45) is 0. The van der Waals surface area contributed by atoms with E-state index in [-0.39, 0.29) is 6.04 Å². The van der Waals surface area contributed by atoms with E-state index in [1.165, 1.54) is 6.07 Å². The van der Waals surface area contributed by atoms with Crippen LogP contribution in [0.1, 0.15) is 18.5 Å². The summed E-state index contributed by atoms with van der Waals surface area (Å²) in [7, 11) is 3.91. The zero-order chi connectivity index (χ0) is 14.7. The van der Waals surface area contributed by atoms with Crippen molar-refractivity contribution in [2.24, 2.45) is 0 Å². The number of nitrogens with zero attached hydrogens (tertiary/aromatic N) is 1. The van der Waals surface area contributed by atoms with Gasteiger partial charge in [0, 0.05) is 31.0 Å². The van der Waals surface area contributed by atoms with Gasteiger partial charge in [0.2, 0.25) is 0 Å². The molecule has 0 fully saturated rings. The monoisotopic (exact) mass is 276 g/mol. The third kappa shape index (κ3) is 3.07. The summed E-state index contributed by atoms with van der Waals surface area (Å²) in [5.74, 6) is -1.62. The minimum atomic E-state index is -0.821. The Kier molecular flexibility index (Phi) is 4.23. The van der Waals surface area contributed by atoms with E-state index in [9.17, 15) is 8.78 Å². The van der Waals surface area contributed by atoms with E-state index in [1.807, 2.05) is 43.3 Å². The van der Waals surface area contributed by atoms with Crippen LogP contribution in [0, 0.1) is 11.6 Å². The number of halogens is 2. The van der Waals surface area contributed by atoms with Crippen molar-refractivity contribution in [1.29, 1.82) is 0 Å². The van der Waals surface area contributed by atoms with Crippen molar-refractivity contribution in [3.05, 3.63) is 59.7 Å². The van der Waals surface area contributed by atoms with Crippen molar-refractivity contribution in [3.8, 4) is 0 Å². The van der Waals surface area contributed by atoms with Crippen LogP contribution < -0.4 is 10.2 Å². The topological polar surface area (TPSA) is 15.3 Å². The summed E-state index contributed by atoms with van der Waals surface area (Å²) in [5, 5.41) is 3.19. The van der Waals surface area contributed by atoms with Crippen LogP contribution in [-0.4, -0.2) is 14.1 Å². The highest BCUT2D eigenvalue weighted by molar-refractivity contribution is 5.58. The lowest BCUT2D eigenvalue weighted by Crippen LogP contribution is -2.11. The standard InChI is InChI=1S/C16H18F2N2/c1-11(14-8-5-9-15(17)16(14)18)19-12-6-4-7-13(10-12)20(2)3/h4-11,19H,1-3H3. The van der Waals surface area contributed by atoms with Crippen molar-refractivity contribution in [1.82, 2.24) is 0 Å². The van der Waals surface area contributed by atoms with Gasteiger partial charge in [0.1, 0.15) is 0 Å². The first kappa shape index (κ1) is 14.3. The van der Waals surface area contributed by atoms with Crippen LogP contribution in [-0.2, 0) is 0 Å². The van der Waals surface area contributed by atoms with E-state index in [2.05, 4.69) is 5.32 Å². The van der Waals surface area contributed by atoms with E-state index in [0.29, 0.717) is 5.56 Å². The van der Waals surface area contributed by atoms with Crippen molar-refractivity contribution in [2.75, 3.05) is 24.3 Å². The van der Waals surface area contributed by atoms with Gasteiger partial charge in [-0.3, -0.25) is 0 Å². The Labute approximate surface area is 118 Å². The summed E-state index contributed by atoms with van der Waals surface area (Å²) >= 11 is 0. The van der Waals surface area contributed by atoms with Crippen molar-refractivity contribution in [3.63, 3.8) is 0 Å². The van der Waals surface area contributed by atoms with Crippen LogP contribution in [0.3, 0.4) is 0 Å². The van der Waals surface area contributed by atoms with Crippen LogP contribution >= 0.6 is 0 Å². The quantitative estimate of drug-likeness (QED) is 0.900. The van der Waals surface area contributed by atoms with Gasteiger partial charge in [0.15, 0.2) is 11.6 Å². The number of nitrogens with one attached hydrogen (secondary N) is 1. The lowest BCUT2D eigenvalue weighted by molar-refractivity contribution is 0.494. The van der Waals surface area contributed by atoms with Crippen LogP contribution in [0.15, 0.2) is 42.5 Å². The Bertz CT molecular complexity index is 597. The molecule has 0 aromatic heterocycles. The molecule has 0 heterocycles. The van der Waals surface area contributed by atoms with Gasteiger partial charge in [-0.25, -0.2) is 8.78 Å². The zero-order valence-corrected chi connectivity index (χ0v) is 11.8. The molecule has 1 N–H and O–H groups in total. The van der Waals surface area contributed by atoms with Gasteiger partial charge in [-0.2, -0.15) is 0 Å². The molecule has 1 atom stereocenters. The summed E-state index contributed by atoms with van der Waals surface area (Å²) in [4.78, 5) is 1.98. The zero-order valence-electron chi connectivity index (χ0n) is 11.8. The number of hydrogen-bond donors (Lipinski definition) is 1. The number of rotatable bonds is 4. The number of hydrogen-bond acceptors (Lipinski definition) is 2. The first-order chi connectivity index (χ1) is 9.49. The maximum absolute atomic E-state index is 13.7. The van der Waals surface area contributed by atoms with E-state index in [0.717, 1.165) is 17.4 Å². The number of anilines is 2. The maximum Gasteiger partial charge on any atom is 0.164 e. The Balaban J connectivity index is 2.21. The van der Waals surface area contributed by atoms with Gasteiger partial charge in [-0.1, -0.05) is 18.2 Å². The third-order valence-corrected chi connectivity index (χ3v) is 3.19. The molecule has 20 heavy (non-hydrogen) atoms. The minimum absolute atomic E-state index is 0.317. The summed E-state index contributed by atoms with van der Waals surface area (Å²) in [6.45, 7) is 1.81. The highest BCUT2D eigenvalue weighted by atomic mass is 19.2. The third-order valence-electron chi connectivity index (χ3n) is 3.19. The van der Waals surface area contributed by atoms with Gasteiger partial charge < -0.3 is 10.2 Å². The molecular formula is C16H18F2N2. The van der Waals surface area contributed by atoms with Crippen molar-refractivity contribution in [2.45, 2.75) is 13.0 Å². The van der Waals surface area contributed by atoms with Crippen LogP contribution in [0.2, 0.25) is 0 Å². The predicted molar refractivity (Wildman–Crippen MR) is 79.2 cm³/mol. The van der Waals surface area contributed by atoms with Gasteiger partial charge >= 0.3 is 0 Å². The molecule has 0 radical (unpaired) electrons. The molecule has 0 aliphatic heterocycles. The van der Waals surface area contributed by atoms with E-state index < -0.39 is 11.6 Å². The average molecular weight is 276 g/mol. The average Bonchev–Trinajstić information content (AvgIpc) is 2.42. The first-order valence-corrected chi connectivity index (χ1v) is 6.47. The molecule has 2 aromatic carbocycles. The molecule has 106 valence electrons. The molecule has 2 aromatic rings. The molecule has 0 saturated heterocycles. The van der Waals surface area contributed by atoms with Gasteiger partial charge in [-0.05, 0) is 31.2 Å². The molecule has 0 amide bonds. The molecule has 1 unspecified atom stereocenters. The van der Waals surface area contributed by atoms with Crippen molar-refractivity contribution >= 4 is 11.4 Å². The summed E-state index contributed by atoms with van der Waals surface area (Å²) < 4.78 is 27.0. The predicted octanol–water partition coefficient (Wildman–Crippen LogP) is 4.20. The van der Waals surface area contributed by atoms with Crippen molar-refractivity contribution < 1.29 is 8.78 Å². The summed E-state index contributed by atoms with van der Waals surface area (Å²) in [6, 6.07) is 11.7. The number of benzene rings is 2. The SMILES string of the molecule is CC(Nc1cccc(N(C)C)c1)c1cccc(F)c1F. The summed E-state index contributed by atoms with van der Waals surface area (Å²) in [5.41, 5.74) is 2.23. The van der Waals surface area contributed by atoms with Crippen LogP contribution in [0.4, 0.5) is 20.2 Å². The normalized spacial score (nSPS) is 12.1. The largest absolute Gasteiger partial charge is 0.378 e. The molecule has 0 aliphatic rings. The minimum Gasteiger partial charge on any atom is -0.378 e. The Morgan fingerprint density at radius 3 is 2.45 bits per heavy atom. The second kappa shape index (κ2) is 5.90. The Morgan fingerprint density at radius 1 is 1.05 bits per heavy atom. The Morgan fingerprint density at radius 2 is 1.75 bits per heavy atom. The highest BCUT2D eigenvalue weighted by Gasteiger charge is 2.14. The van der Waals surface area contributed by atoms with E-state index in [1.54, 1.807) is 13.0 Å². The molecule has 0 aliphatic carbocycles. The maximum atomic E-state index is 13.7. The highest BCUT2D eigenvalue weighted by Crippen LogP contribution is 2.25. The lowest BCUT2D eigenvalue weighted by atomic mass is 10.1. The van der Waals surface area contributed by atoms with E-state index in [4.69, 9.17) is 0 Å². The second-order valence-electron chi connectivity index (χ2n) is 4.95. The Hall–Kier alpha value is -2.10. The van der Waals surface area contributed by atoms with Crippen LogP contribution in [0.5, 0.6) is 0 Å². The molecular weight excluding hydrogens is 258 g/mol. The fraction of sp³-hybridized carbons (Fsp3) is 0.250. The van der Waals surface area contributed by atoms with Gasteiger partial charge in [-0.15, -0.1) is 0 Å². The molecule has 2 rings (SSSR count). The van der Waals surface area contributed by atoms with Gasteiger partial charge in [0.25, 0.3) is 0 Å². The molecule has 0 bridgehead atoms. The van der Waals surface area contributed by atoms with E-state index >= 15 is 0 Å². The molecule has 4 heteroatoms. The molecule has 0 saturated carbocycles. The molecule has 0 spiro atoms. The fourth-order valence-electron chi connectivity index (χ4n) is 2.06. The first-order valence-electron chi connectivity index (χ1n) is 6.47. The second-order valence-corrected chi connectivity index (χ2v) is 4.95. The lowest BCUT2D eigenvalue weighted by Gasteiger charge is -2.19. The fourth-order valence-corrected chi connectivity index (χ4v) is 2.06. The molecule has 2 nitrogen and oxygen atoms in total. The van der Waals surface area contributed by atoms with Crippen LogP contribution in [0.25, 0.3) is 0 Å². The smallest absolute Gasteiger partial charge is 0.164 e.